The molecule has 0 saturated carbocycles. The molecule has 3 aromatic rings. The Morgan fingerprint density at radius 1 is 1.00 bits per heavy atom. The summed E-state index contributed by atoms with van der Waals surface area (Å²) < 4.78 is 1.81. The highest BCUT2D eigenvalue weighted by Crippen LogP contribution is 2.28. The lowest BCUT2D eigenvalue weighted by Gasteiger charge is -2.06. The predicted octanol–water partition coefficient (Wildman–Crippen LogP) is 4.05. The summed E-state index contributed by atoms with van der Waals surface area (Å²) in [5, 5.41) is 12.8. The molecule has 0 saturated heterocycles. The molecular weight excluding hydrogens is 246 g/mol. The third kappa shape index (κ3) is 1.85. The second-order valence-corrected chi connectivity index (χ2v) is 4.67. The first kappa shape index (κ1) is 11.2. The first-order chi connectivity index (χ1) is 8.75. The number of hydrogen-bond donors (Lipinski definition) is 1. The molecule has 0 spiro atoms. The molecule has 0 aliphatic carbocycles. The summed E-state index contributed by atoms with van der Waals surface area (Å²) in [5.41, 5.74) is 0.995. The minimum Gasteiger partial charge on any atom is -0.494 e. The molecule has 1 aromatic heterocycles. The molecule has 0 unspecified atom stereocenters. The minimum atomic E-state index is 0.283. The number of aromatic nitrogens is 1. The molecule has 2 aromatic carbocycles. The summed E-state index contributed by atoms with van der Waals surface area (Å²) in [4.78, 5) is 0. The van der Waals surface area contributed by atoms with E-state index in [9.17, 15) is 5.11 Å². The van der Waals surface area contributed by atoms with Gasteiger partial charge in [-0.25, -0.2) is 0 Å². The number of benzene rings is 2. The maximum atomic E-state index is 10.2. The summed E-state index contributed by atoms with van der Waals surface area (Å²) in [7, 11) is 0. The molecule has 3 rings (SSSR count). The van der Waals surface area contributed by atoms with E-state index in [1.165, 1.54) is 0 Å². The van der Waals surface area contributed by atoms with E-state index in [4.69, 9.17) is 11.6 Å². The van der Waals surface area contributed by atoms with Crippen LogP contribution >= 0.6 is 11.6 Å². The molecule has 1 N–H and O–H groups in total. The number of halogens is 1. The first-order valence-electron chi connectivity index (χ1n) is 5.76. The summed E-state index contributed by atoms with van der Waals surface area (Å²) in [5.74, 6) is 0.283. The third-order valence-corrected chi connectivity index (χ3v) is 3.44. The van der Waals surface area contributed by atoms with Gasteiger partial charge < -0.3 is 9.67 Å². The normalized spacial score (nSPS) is 10.9. The molecule has 1 heterocycles. The number of fused-ring (bicyclic) bond motifs is 1. The predicted molar refractivity (Wildman–Crippen MR) is 74.2 cm³/mol. The van der Waals surface area contributed by atoms with E-state index >= 15 is 0 Å². The second-order valence-electron chi connectivity index (χ2n) is 4.26. The molecule has 18 heavy (non-hydrogen) atoms. The fraction of sp³-hybridized carbons (Fsp3) is 0.0667. The van der Waals surface area contributed by atoms with Gasteiger partial charge in [0.15, 0.2) is 5.88 Å². The summed E-state index contributed by atoms with van der Waals surface area (Å²) in [6, 6.07) is 15.4. The Hall–Kier alpha value is -1.93. The minimum absolute atomic E-state index is 0.283. The highest BCUT2D eigenvalue weighted by molar-refractivity contribution is 6.31. The average Bonchev–Trinajstić information content (AvgIpc) is 2.70. The molecule has 0 bridgehead atoms. The van der Waals surface area contributed by atoms with Gasteiger partial charge in [-0.15, -0.1) is 0 Å². The second kappa shape index (κ2) is 4.39. The van der Waals surface area contributed by atoms with Crippen molar-refractivity contribution in [2.24, 2.45) is 0 Å². The van der Waals surface area contributed by atoms with Crippen LogP contribution in [-0.2, 0) is 6.54 Å². The average molecular weight is 258 g/mol. The maximum Gasteiger partial charge on any atom is 0.199 e. The molecule has 90 valence electrons. The van der Waals surface area contributed by atoms with Crippen molar-refractivity contribution in [3.63, 3.8) is 0 Å². The van der Waals surface area contributed by atoms with Gasteiger partial charge in [-0.3, -0.25) is 0 Å². The number of nitrogens with zero attached hydrogens (tertiary/aromatic N) is 1. The number of aromatic hydroxyl groups is 1. The van der Waals surface area contributed by atoms with Crippen LogP contribution in [0.2, 0.25) is 5.02 Å². The fourth-order valence-corrected chi connectivity index (χ4v) is 2.32. The van der Waals surface area contributed by atoms with Crippen LogP contribution in [0.3, 0.4) is 0 Å². The van der Waals surface area contributed by atoms with E-state index in [1.54, 1.807) is 0 Å². The van der Waals surface area contributed by atoms with Crippen molar-refractivity contribution in [2.45, 2.75) is 6.54 Å². The molecule has 0 atom stereocenters. The number of rotatable bonds is 2. The van der Waals surface area contributed by atoms with Crippen LogP contribution in [0.1, 0.15) is 5.56 Å². The van der Waals surface area contributed by atoms with E-state index in [0.29, 0.717) is 6.54 Å². The van der Waals surface area contributed by atoms with E-state index in [2.05, 4.69) is 0 Å². The van der Waals surface area contributed by atoms with Crippen LogP contribution in [0.4, 0.5) is 0 Å². The standard InChI is InChI=1S/C15H12ClNO/c16-14-8-4-2-6-12(14)10-17-9-11-5-1-3-7-13(11)15(17)18/h1-9,18H,10H2. The zero-order valence-corrected chi connectivity index (χ0v) is 10.4. The lowest BCUT2D eigenvalue weighted by atomic mass is 10.2. The molecule has 0 radical (unpaired) electrons. The third-order valence-electron chi connectivity index (χ3n) is 3.07. The van der Waals surface area contributed by atoms with Crippen molar-refractivity contribution in [1.29, 1.82) is 0 Å². The van der Waals surface area contributed by atoms with Crippen molar-refractivity contribution in [1.82, 2.24) is 4.57 Å². The van der Waals surface area contributed by atoms with Gasteiger partial charge in [0.25, 0.3) is 0 Å². The van der Waals surface area contributed by atoms with Gasteiger partial charge in [0.2, 0.25) is 0 Å². The van der Waals surface area contributed by atoms with E-state index in [0.717, 1.165) is 21.4 Å². The van der Waals surface area contributed by atoms with E-state index < -0.39 is 0 Å². The van der Waals surface area contributed by atoms with Crippen LogP contribution in [0, 0.1) is 0 Å². The van der Waals surface area contributed by atoms with E-state index in [-0.39, 0.29) is 5.88 Å². The molecule has 0 fully saturated rings. The Bertz CT molecular complexity index is 703. The van der Waals surface area contributed by atoms with Crippen molar-refractivity contribution >= 4 is 22.4 Å². The van der Waals surface area contributed by atoms with Crippen LogP contribution in [0.15, 0.2) is 54.7 Å². The van der Waals surface area contributed by atoms with Gasteiger partial charge in [-0.1, -0.05) is 48.0 Å². The fourth-order valence-electron chi connectivity index (χ4n) is 2.13. The Kier molecular flexibility index (Phi) is 2.73. The van der Waals surface area contributed by atoms with Gasteiger partial charge in [0, 0.05) is 22.0 Å². The lowest BCUT2D eigenvalue weighted by molar-refractivity contribution is 0.430. The van der Waals surface area contributed by atoms with Crippen molar-refractivity contribution in [2.75, 3.05) is 0 Å². The highest BCUT2D eigenvalue weighted by atomic mass is 35.5. The van der Waals surface area contributed by atoms with Gasteiger partial charge >= 0.3 is 0 Å². The molecule has 3 heteroatoms. The maximum absolute atomic E-state index is 10.2. The number of hydrogen-bond acceptors (Lipinski definition) is 1. The van der Waals surface area contributed by atoms with Gasteiger partial charge in [0.1, 0.15) is 0 Å². The zero-order chi connectivity index (χ0) is 12.5. The molecule has 2 nitrogen and oxygen atoms in total. The SMILES string of the molecule is Oc1c2ccccc2cn1Cc1ccccc1Cl. The quantitative estimate of drug-likeness (QED) is 0.736. The Morgan fingerprint density at radius 2 is 1.72 bits per heavy atom. The van der Waals surface area contributed by atoms with Crippen LogP contribution in [-0.4, -0.2) is 9.67 Å². The summed E-state index contributed by atoms with van der Waals surface area (Å²) >= 11 is 6.13. The van der Waals surface area contributed by atoms with Crippen molar-refractivity contribution in [3.8, 4) is 5.88 Å². The molecule has 0 aliphatic rings. The lowest BCUT2D eigenvalue weighted by Crippen LogP contribution is -1.97. The molecule has 0 amide bonds. The Labute approximate surface area is 110 Å². The topological polar surface area (TPSA) is 25.2 Å². The van der Waals surface area contributed by atoms with Crippen LogP contribution in [0.25, 0.3) is 10.8 Å². The van der Waals surface area contributed by atoms with E-state index in [1.807, 2.05) is 59.3 Å². The Balaban J connectivity index is 2.06. The van der Waals surface area contributed by atoms with Crippen molar-refractivity contribution < 1.29 is 5.11 Å². The summed E-state index contributed by atoms with van der Waals surface area (Å²) in [6.07, 6.45) is 1.94. The Morgan fingerprint density at radius 3 is 2.50 bits per heavy atom. The molecular formula is C15H12ClNO. The zero-order valence-electron chi connectivity index (χ0n) is 9.68. The van der Waals surface area contributed by atoms with Gasteiger partial charge in [-0.05, 0) is 17.7 Å². The smallest absolute Gasteiger partial charge is 0.199 e. The first-order valence-corrected chi connectivity index (χ1v) is 6.14. The van der Waals surface area contributed by atoms with Gasteiger partial charge in [-0.2, -0.15) is 0 Å². The highest BCUT2D eigenvalue weighted by Gasteiger charge is 2.08. The summed E-state index contributed by atoms with van der Waals surface area (Å²) in [6.45, 7) is 0.570. The van der Waals surface area contributed by atoms with Crippen LogP contribution < -0.4 is 0 Å². The van der Waals surface area contributed by atoms with Crippen LogP contribution in [0.5, 0.6) is 5.88 Å². The van der Waals surface area contributed by atoms with Gasteiger partial charge in [0.05, 0.1) is 6.54 Å². The van der Waals surface area contributed by atoms with Crippen molar-refractivity contribution in [3.05, 3.63) is 65.3 Å². The molecule has 0 aliphatic heterocycles. The monoisotopic (exact) mass is 257 g/mol. The largest absolute Gasteiger partial charge is 0.494 e.